The third kappa shape index (κ3) is 3.77. The van der Waals surface area contributed by atoms with Crippen LogP contribution in [0.3, 0.4) is 0 Å². The minimum atomic E-state index is -0.316. The summed E-state index contributed by atoms with van der Waals surface area (Å²) in [5.41, 5.74) is 5.73. The van der Waals surface area contributed by atoms with E-state index in [-0.39, 0.29) is 18.0 Å². The van der Waals surface area contributed by atoms with E-state index in [2.05, 4.69) is 6.92 Å². The predicted molar refractivity (Wildman–Crippen MR) is 55.4 cm³/mol. The topological polar surface area (TPSA) is 46.3 Å². The van der Waals surface area contributed by atoms with Gasteiger partial charge in [0.15, 0.2) is 0 Å². The molecule has 0 aliphatic rings. The quantitative estimate of drug-likeness (QED) is 0.705. The minimum absolute atomic E-state index is 0.0659. The van der Waals surface area contributed by atoms with Crippen molar-refractivity contribution in [2.45, 2.75) is 52.1 Å². The lowest BCUT2D eigenvalue weighted by Crippen LogP contribution is -2.45. The molecule has 1 amide bonds. The van der Waals surface area contributed by atoms with Crippen molar-refractivity contribution in [1.82, 2.24) is 4.90 Å². The van der Waals surface area contributed by atoms with Crippen molar-refractivity contribution < 1.29 is 4.79 Å². The average molecular weight is 186 g/mol. The largest absolute Gasteiger partial charge is 0.342 e. The second kappa shape index (κ2) is 5.97. The van der Waals surface area contributed by atoms with Crippen LogP contribution < -0.4 is 5.73 Å². The molecule has 13 heavy (non-hydrogen) atoms. The SMILES string of the molecule is CCC[C@@H](N)C(=O)N(C)C(C)CC. The fourth-order valence-electron chi connectivity index (χ4n) is 1.19. The second-order valence-electron chi connectivity index (χ2n) is 3.60. The summed E-state index contributed by atoms with van der Waals surface area (Å²) in [6, 6.07) is -0.0283. The second-order valence-corrected chi connectivity index (χ2v) is 3.60. The maximum absolute atomic E-state index is 11.6. The molecule has 0 rings (SSSR count). The Hall–Kier alpha value is -0.570. The first-order chi connectivity index (χ1) is 6.04. The normalized spacial score (nSPS) is 15.2. The van der Waals surface area contributed by atoms with Crippen LogP contribution in [0.2, 0.25) is 0 Å². The van der Waals surface area contributed by atoms with Gasteiger partial charge in [-0.25, -0.2) is 0 Å². The predicted octanol–water partition coefficient (Wildman–Crippen LogP) is 1.37. The summed E-state index contributed by atoms with van der Waals surface area (Å²) in [4.78, 5) is 13.4. The standard InChI is InChI=1S/C10H22N2O/c1-5-7-9(11)10(13)12(4)8(3)6-2/h8-9H,5-7,11H2,1-4H3/t8?,9-/m1/s1. The molecule has 0 aromatic carbocycles. The number of amides is 1. The van der Waals surface area contributed by atoms with E-state index in [9.17, 15) is 4.79 Å². The Kier molecular flexibility index (Phi) is 5.71. The van der Waals surface area contributed by atoms with Gasteiger partial charge in [0.25, 0.3) is 0 Å². The molecule has 0 bridgehead atoms. The Morgan fingerprint density at radius 3 is 2.38 bits per heavy atom. The highest BCUT2D eigenvalue weighted by molar-refractivity contribution is 5.81. The van der Waals surface area contributed by atoms with Gasteiger partial charge in [0.1, 0.15) is 0 Å². The van der Waals surface area contributed by atoms with Crippen LogP contribution in [0.4, 0.5) is 0 Å². The Bertz CT molecular complexity index is 159. The molecule has 2 N–H and O–H groups in total. The molecule has 0 aliphatic heterocycles. The van der Waals surface area contributed by atoms with Gasteiger partial charge in [-0.3, -0.25) is 4.79 Å². The smallest absolute Gasteiger partial charge is 0.239 e. The molecule has 0 fully saturated rings. The molecule has 0 heterocycles. The van der Waals surface area contributed by atoms with Crippen molar-refractivity contribution in [3.05, 3.63) is 0 Å². The molecule has 0 aromatic rings. The molecule has 2 atom stereocenters. The van der Waals surface area contributed by atoms with Crippen LogP contribution in [0.25, 0.3) is 0 Å². The summed E-state index contributed by atoms with van der Waals surface area (Å²) in [6.45, 7) is 6.15. The first kappa shape index (κ1) is 12.4. The van der Waals surface area contributed by atoms with Crippen LogP contribution in [0.5, 0.6) is 0 Å². The van der Waals surface area contributed by atoms with E-state index in [0.717, 1.165) is 19.3 Å². The summed E-state index contributed by atoms with van der Waals surface area (Å²) in [6.07, 6.45) is 2.71. The number of hydrogen-bond donors (Lipinski definition) is 1. The van der Waals surface area contributed by atoms with Gasteiger partial charge in [-0.05, 0) is 19.8 Å². The molecule has 0 aliphatic carbocycles. The van der Waals surface area contributed by atoms with Crippen molar-refractivity contribution in [2.75, 3.05) is 7.05 Å². The Balaban J connectivity index is 4.08. The molecular formula is C10H22N2O. The Morgan fingerprint density at radius 1 is 1.46 bits per heavy atom. The van der Waals surface area contributed by atoms with Crippen LogP contribution in [0.1, 0.15) is 40.0 Å². The maximum Gasteiger partial charge on any atom is 0.239 e. The van der Waals surface area contributed by atoms with Gasteiger partial charge < -0.3 is 10.6 Å². The molecule has 3 heteroatoms. The van der Waals surface area contributed by atoms with Crippen molar-refractivity contribution in [1.29, 1.82) is 0 Å². The van der Waals surface area contributed by atoms with E-state index < -0.39 is 0 Å². The number of carbonyl (C=O) groups is 1. The maximum atomic E-state index is 11.6. The lowest BCUT2D eigenvalue weighted by Gasteiger charge is -2.26. The Morgan fingerprint density at radius 2 is 2.00 bits per heavy atom. The van der Waals surface area contributed by atoms with E-state index in [1.54, 1.807) is 4.90 Å². The van der Waals surface area contributed by atoms with E-state index in [4.69, 9.17) is 5.73 Å². The van der Waals surface area contributed by atoms with Crippen LogP contribution in [-0.4, -0.2) is 29.9 Å². The van der Waals surface area contributed by atoms with Crippen LogP contribution in [-0.2, 0) is 4.79 Å². The monoisotopic (exact) mass is 186 g/mol. The number of hydrogen-bond acceptors (Lipinski definition) is 2. The van der Waals surface area contributed by atoms with E-state index in [0.29, 0.717) is 0 Å². The summed E-state index contributed by atoms with van der Waals surface area (Å²) < 4.78 is 0. The van der Waals surface area contributed by atoms with Gasteiger partial charge >= 0.3 is 0 Å². The zero-order valence-corrected chi connectivity index (χ0v) is 9.21. The number of nitrogens with two attached hydrogens (primary N) is 1. The van der Waals surface area contributed by atoms with Crippen molar-refractivity contribution in [3.63, 3.8) is 0 Å². The first-order valence-corrected chi connectivity index (χ1v) is 5.06. The summed E-state index contributed by atoms with van der Waals surface area (Å²) in [5, 5.41) is 0. The van der Waals surface area contributed by atoms with Gasteiger partial charge in [-0.1, -0.05) is 20.3 Å². The lowest BCUT2D eigenvalue weighted by atomic mass is 10.1. The van der Waals surface area contributed by atoms with Gasteiger partial charge in [-0.2, -0.15) is 0 Å². The number of likely N-dealkylation sites (N-methyl/N-ethyl adjacent to an activating group) is 1. The Labute approximate surface area is 81.3 Å². The molecule has 0 saturated carbocycles. The van der Waals surface area contributed by atoms with Gasteiger partial charge in [0.2, 0.25) is 5.91 Å². The van der Waals surface area contributed by atoms with E-state index in [1.165, 1.54) is 0 Å². The highest BCUT2D eigenvalue weighted by atomic mass is 16.2. The van der Waals surface area contributed by atoms with Crippen LogP contribution in [0.15, 0.2) is 0 Å². The molecule has 1 unspecified atom stereocenters. The van der Waals surface area contributed by atoms with Crippen molar-refractivity contribution in [3.8, 4) is 0 Å². The van der Waals surface area contributed by atoms with Crippen molar-refractivity contribution >= 4 is 5.91 Å². The van der Waals surface area contributed by atoms with Gasteiger partial charge in [0, 0.05) is 13.1 Å². The average Bonchev–Trinajstić information content (AvgIpc) is 2.14. The number of nitrogens with zero attached hydrogens (tertiary/aromatic N) is 1. The lowest BCUT2D eigenvalue weighted by molar-refractivity contribution is -0.133. The molecule has 0 radical (unpaired) electrons. The molecule has 78 valence electrons. The molecule has 0 aromatic heterocycles. The van der Waals surface area contributed by atoms with Gasteiger partial charge in [-0.15, -0.1) is 0 Å². The first-order valence-electron chi connectivity index (χ1n) is 5.06. The van der Waals surface area contributed by atoms with Crippen molar-refractivity contribution in [2.24, 2.45) is 5.73 Å². The van der Waals surface area contributed by atoms with E-state index >= 15 is 0 Å². The molecule has 3 nitrogen and oxygen atoms in total. The number of carbonyl (C=O) groups excluding carboxylic acids is 1. The fraction of sp³-hybridized carbons (Fsp3) is 0.900. The third-order valence-corrected chi connectivity index (χ3v) is 2.52. The van der Waals surface area contributed by atoms with E-state index in [1.807, 2.05) is 20.9 Å². The molecular weight excluding hydrogens is 164 g/mol. The molecule has 0 saturated heterocycles. The summed E-state index contributed by atoms with van der Waals surface area (Å²) >= 11 is 0. The van der Waals surface area contributed by atoms with Crippen LogP contribution >= 0.6 is 0 Å². The number of rotatable bonds is 5. The summed E-state index contributed by atoms with van der Waals surface area (Å²) in [5.74, 6) is 0.0659. The fourth-order valence-corrected chi connectivity index (χ4v) is 1.19. The zero-order chi connectivity index (χ0) is 10.4. The zero-order valence-electron chi connectivity index (χ0n) is 9.21. The highest BCUT2D eigenvalue weighted by Gasteiger charge is 2.19. The summed E-state index contributed by atoms with van der Waals surface area (Å²) in [7, 11) is 1.83. The highest BCUT2D eigenvalue weighted by Crippen LogP contribution is 2.04. The third-order valence-electron chi connectivity index (χ3n) is 2.52. The van der Waals surface area contributed by atoms with Crippen LogP contribution in [0, 0.1) is 0 Å². The minimum Gasteiger partial charge on any atom is -0.342 e. The molecule has 0 spiro atoms. The van der Waals surface area contributed by atoms with Gasteiger partial charge in [0.05, 0.1) is 6.04 Å².